The molecule has 1 N–H and O–H groups in total. The second-order valence-corrected chi connectivity index (χ2v) is 8.43. The van der Waals surface area contributed by atoms with Crippen molar-refractivity contribution in [3.05, 3.63) is 100 Å². The maximum atomic E-state index is 13.4. The van der Waals surface area contributed by atoms with Gasteiger partial charge in [-0.1, -0.05) is 65.4 Å². The van der Waals surface area contributed by atoms with E-state index in [-0.39, 0.29) is 11.8 Å². The van der Waals surface area contributed by atoms with Crippen LogP contribution >= 0.6 is 11.8 Å². The fraction of sp³-hybridized carbons (Fsp3) is 0.120. The van der Waals surface area contributed by atoms with Crippen LogP contribution in [-0.4, -0.2) is 11.8 Å². The molecule has 150 valence electrons. The predicted molar refractivity (Wildman–Crippen MR) is 123 cm³/mol. The van der Waals surface area contributed by atoms with E-state index in [0.717, 1.165) is 27.3 Å². The zero-order chi connectivity index (χ0) is 21.3. The predicted octanol–water partition coefficient (Wildman–Crippen LogP) is 5.60. The number of hydrogen-bond donors (Lipinski definition) is 1. The molecule has 4 rings (SSSR count). The number of anilines is 2. The summed E-state index contributed by atoms with van der Waals surface area (Å²) in [6, 6.07) is 23.0. The van der Waals surface area contributed by atoms with Crippen LogP contribution < -0.4 is 10.2 Å². The van der Waals surface area contributed by atoms with E-state index in [1.54, 1.807) is 12.1 Å². The minimum absolute atomic E-state index is 0.307. The van der Waals surface area contributed by atoms with Gasteiger partial charge in [0.15, 0.2) is 0 Å². The molecular formula is C25H22N2O2S. The summed E-state index contributed by atoms with van der Waals surface area (Å²) >= 11 is 1.31. The first-order chi connectivity index (χ1) is 14.4. The van der Waals surface area contributed by atoms with Gasteiger partial charge in [0.05, 0.1) is 5.69 Å². The molecule has 0 atom stereocenters. The highest BCUT2D eigenvalue weighted by molar-refractivity contribution is 8.04. The van der Waals surface area contributed by atoms with Crippen molar-refractivity contribution in [2.45, 2.75) is 25.7 Å². The number of nitrogens with zero attached hydrogens (tertiary/aromatic N) is 1. The van der Waals surface area contributed by atoms with Crippen molar-refractivity contribution in [1.82, 2.24) is 0 Å². The molecule has 1 heterocycles. The Bertz CT molecular complexity index is 1150. The molecule has 4 nitrogen and oxygen atoms in total. The molecule has 0 aromatic heterocycles. The second-order valence-electron chi connectivity index (χ2n) is 7.34. The SMILES string of the molecule is Cc1ccc(N2C(=O)C(Nc3ccc(C)cc3C)=C(Sc3ccccc3)C2=O)cc1. The minimum Gasteiger partial charge on any atom is -0.350 e. The molecule has 0 radical (unpaired) electrons. The van der Waals surface area contributed by atoms with Gasteiger partial charge in [-0.25, -0.2) is 4.90 Å². The van der Waals surface area contributed by atoms with Crippen LogP contribution in [0.3, 0.4) is 0 Å². The second kappa shape index (κ2) is 8.20. The van der Waals surface area contributed by atoms with E-state index < -0.39 is 0 Å². The number of hydrogen-bond acceptors (Lipinski definition) is 4. The third-order valence-corrected chi connectivity index (χ3v) is 6.03. The van der Waals surface area contributed by atoms with Crippen LogP contribution in [0.4, 0.5) is 11.4 Å². The lowest BCUT2D eigenvalue weighted by molar-refractivity contribution is -0.120. The summed E-state index contributed by atoms with van der Waals surface area (Å²) in [5.41, 5.74) is 4.91. The maximum absolute atomic E-state index is 13.4. The number of benzene rings is 3. The molecule has 0 fully saturated rings. The third kappa shape index (κ3) is 3.89. The van der Waals surface area contributed by atoms with Crippen molar-refractivity contribution >= 4 is 35.0 Å². The minimum atomic E-state index is -0.345. The molecule has 0 bridgehead atoms. The highest BCUT2D eigenvalue weighted by Gasteiger charge is 2.40. The first-order valence-corrected chi connectivity index (χ1v) is 10.5. The molecule has 30 heavy (non-hydrogen) atoms. The summed E-state index contributed by atoms with van der Waals surface area (Å²) in [6.07, 6.45) is 0. The average Bonchev–Trinajstić information content (AvgIpc) is 2.95. The van der Waals surface area contributed by atoms with E-state index in [4.69, 9.17) is 0 Å². The van der Waals surface area contributed by atoms with Crippen molar-refractivity contribution in [2.24, 2.45) is 0 Å². The van der Waals surface area contributed by atoms with Gasteiger partial charge in [-0.15, -0.1) is 0 Å². The van der Waals surface area contributed by atoms with Crippen molar-refractivity contribution < 1.29 is 9.59 Å². The van der Waals surface area contributed by atoms with Gasteiger partial charge in [-0.3, -0.25) is 9.59 Å². The molecule has 0 saturated carbocycles. The lowest BCUT2D eigenvalue weighted by Crippen LogP contribution is -2.32. The van der Waals surface area contributed by atoms with Gasteiger partial charge >= 0.3 is 0 Å². The summed E-state index contributed by atoms with van der Waals surface area (Å²) in [7, 11) is 0. The summed E-state index contributed by atoms with van der Waals surface area (Å²) < 4.78 is 0. The highest BCUT2D eigenvalue weighted by atomic mass is 32.2. The lowest BCUT2D eigenvalue weighted by atomic mass is 10.1. The lowest BCUT2D eigenvalue weighted by Gasteiger charge is -2.16. The van der Waals surface area contributed by atoms with Gasteiger partial charge in [-0.2, -0.15) is 0 Å². The van der Waals surface area contributed by atoms with Gasteiger partial charge in [-0.05, 0) is 56.7 Å². The molecule has 1 aliphatic rings. The molecule has 3 aromatic carbocycles. The molecule has 5 heteroatoms. The molecular weight excluding hydrogens is 392 g/mol. The Labute approximate surface area is 180 Å². The quantitative estimate of drug-likeness (QED) is 0.552. The number of aryl methyl sites for hydroxylation is 3. The zero-order valence-corrected chi connectivity index (χ0v) is 17.9. The van der Waals surface area contributed by atoms with Crippen LogP contribution in [0, 0.1) is 20.8 Å². The highest BCUT2D eigenvalue weighted by Crippen LogP contribution is 2.38. The Morgan fingerprint density at radius 1 is 0.767 bits per heavy atom. The molecule has 0 saturated heterocycles. The smallest absolute Gasteiger partial charge is 0.283 e. The van der Waals surface area contributed by atoms with Crippen LogP contribution in [-0.2, 0) is 9.59 Å². The standard InChI is InChI=1S/C25H22N2O2S/c1-16-9-12-19(13-10-16)27-24(28)22(26-21-14-11-17(2)15-18(21)3)23(25(27)29)30-20-7-5-4-6-8-20/h4-15,26H,1-3H3. The number of thioether (sulfide) groups is 1. The van der Waals surface area contributed by atoms with Crippen LogP contribution in [0.2, 0.25) is 0 Å². The molecule has 2 amide bonds. The molecule has 0 spiro atoms. The van der Waals surface area contributed by atoms with Crippen LogP contribution in [0.25, 0.3) is 0 Å². The Balaban J connectivity index is 1.76. The molecule has 1 aliphatic heterocycles. The van der Waals surface area contributed by atoms with Gasteiger partial charge in [0.2, 0.25) is 0 Å². The largest absolute Gasteiger partial charge is 0.350 e. The summed E-state index contributed by atoms with van der Waals surface area (Å²) in [4.78, 5) is 29.2. The van der Waals surface area contributed by atoms with E-state index >= 15 is 0 Å². The third-order valence-electron chi connectivity index (χ3n) is 4.94. The monoisotopic (exact) mass is 414 g/mol. The Kier molecular flexibility index (Phi) is 5.46. The van der Waals surface area contributed by atoms with Gasteiger partial charge in [0.25, 0.3) is 11.8 Å². The van der Waals surface area contributed by atoms with Crippen LogP contribution in [0.1, 0.15) is 16.7 Å². The number of amides is 2. The van der Waals surface area contributed by atoms with E-state index in [1.165, 1.54) is 16.7 Å². The van der Waals surface area contributed by atoms with E-state index in [0.29, 0.717) is 16.3 Å². The maximum Gasteiger partial charge on any atom is 0.283 e. The van der Waals surface area contributed by atoms with E-state index in [1.807, 2.05) is 81.4 Å². The Morgan fingerprint density at radius 3 is 2.10 bits per heavy atom. The first kappa shape index (κ1) is 20.0. The first-order valence-electron chi connectivity index (χ1n) is 9.71. The Hall–Kier alpha value is -3.31. The fourth-order valence-corrected chi connectivity index (χ4v) is 4.29. The van der Waals surface area contributed by atoms with Crippen molar-refractivity contribution in [2.75, 3.05) is 10.2 Å². The number of rotatable bonds is 5. The van der Waals surface area contributed by atoms with Crippen molar-refractivity contribution in [3.8, 4) is 0 Å². The molecule has 0 aliphatic carbocycles. The normalized spacial score (nSPS) is 13.9. The van der Waals surface area contributed by atoms with E-state index in [9.17, 15) is 9.59 Å². The van der Waals surface area contributed by atoms with Gasteiger partial charge in [0, 0.05) is 10.6 Å². The van der Waals surface area contributed by atoms with Gasteiger partial charge in [0.1, 0.15) is 10.6 Å². The van der Waals surface area contributed by atoms with Crippen LogP contribution in [0.5, 0.6) is 0 Å². The summed E-state index contributed by atoms with van der Waals surface area (Å²) in [5.74, 6) is -0.660. The Morgan fingerprint density at radius 2 is 1.43 bits per heavy atom. The number of carbonyl (C=O) groups excluding carboxylic acids is 2. The van der Waals surface area contributed by atoms with Gasteiger partial charge < -0.3 is 5.32 Å². The van der Waals surface area contributed by atoms with Crippen molar-refractivity contribution in [3.63, 3.8) is 0 Å². The van der Waals surface area contributed by atoms with Crippen LogP contribution in [0.15, 0.2) is 88.3 Å². The van der Waals surface area contributed by atoms with Crippen molar-refractivity contribution in [1.29, 1.82) is 0 Å². The molecule has 0 unspecified atom stereocenters. The molecule has 3 aromatic rings. The number of nitrogens with one attached hydrogen (secondary N) is 1. The summed E-state index contributed by atoms with van der Waals surface area (Å²) in [5, 5.41) is 3.24. The number of imide groups is 1. The number of carbonyl (C=O) groups is 2. The topological polar surface area (TPSA) is 49.4 Å². The fourth-order valence-electron chi connectivity index (χ4n) is 3.34. The van der Waals surface area contributed by atoms with E-state index in [2.05, 4.69) is 5.32 Å². The zero-order valence-electron chi connectivity index (χ0n) is 17.1. The average molecular weight is 415 g/mol. The summed E-state index contributed by atoms with van der Waals surface area (Å²) in [6.45, 7) is 5.98.